The van der Waals surface area contributed by atoms with E-state index in [1.807, 2.05) is 97.9 Å². The fourth-order valence-electron chi connectivity index (χ4n) is 4.48. The number of carbonyl (C=O) groups is 1. The first-order valence-electron chi connectivity index (χ1n) is 16.7. The van der Waals surface area contributed by atoms with Crippen molar-refractivity contribution in [3.8, 4) is 11.5 Å². The van der Waals surface area contributed by atoms with E-state index in [0.717, 1.165) is 66.1 Å². The quantitative estimate of drug-likeness (QED) is 0.0405. The summed E-state index contributed by atoms with van der Waals surface area (Å²) in [5.74, 6) is 1.18. The summed E-state index contributed by atoms with van der Waals surface area (Å²) in [6.45, 7) is 9.17. The molecule has 0 saturated carbocycles. The van der Waals surface area contributed by atoms with Crippen LogP contribution in [0.2, 0.25) is 0 Å². The number of hydrogen-bond acceptors (Lipinski definition) is 10. The number of hydrogen-bond donors (Lipinski definition) is 0. The third-order valence-corrected chi connectivity index (χ3v) is 7.27. The molecule has 4 rings (SSSR count). The van der Waals surface area contributed by atoms with Gasteiger partial charge in [-0.15, -0.1) is 0 Å². The topological polar surface area (TPSA) is 119 Å². The molecule has 10 heteroatoms. The molecule has 0 aliphatic heterocycles. The molecule has 4 aromatic rings. The van der Waals surface area contributed by atoms with Gasteiger partial charge in [0.05, 0.1) is 53.9 Å². The fraction of sp³-hybridized carbons (Fsp3) is 0.308. The normalized spacial score (nSPS) is 11.4. The molecule has 0 fully saturated rings. The summed E-state index contributed by atoms with van der Waals surface area (Å²) in [5, 5.41) is 26.2. The largest absolute Gasteiger partial charge is 0.494 e. The predicted molar refractivity (Wildman–Crippen MR) is 193 cm³/mol. The first-order chi connectivity index (χ1) is 24.0. The summed E-state index contributed by atoms with van der Waals surface area (Å²) in [7, 11) is 0. The van der Waals surface area contributed by atoms with E-state index in [0.29, 0.717) is 30.3 Å². The van der Waals surface area contributed by atoms with Gasteiger partial charge >= 0.3 is 5.97 Å². The van der Waals surface area contributed by atoms with Crippen molar-refractivity contribution in [2.24, 2.45) is 30.7 Å². The molecule has 0 spiro atoms. The van der Waals surface area contributed by atoms with Gasteiger partial charge in [0.25, 0.3) is 0 Å². The van der Waals surface area contributed by atoms with Gasteiger partial charge in [0, 0.05) is 6.08 Å². The van der Waals surface area contributed by atoms with Gasteiger partial charge in [-0.2, -0.15) is 30.7 Å². The van der Waals surface area contributed by atoms with Crippen LogP contribution >= 0.6 is 0 Å². The Morgan fingerprint density at radius 2 is 1.00 bits per heavy atom. The SMILES string of the molecule is C=CC(=O)OCCCCOc1ccc(/N=N/c2ccc(/N=N/c3ccc(/N=N/c4ccc(OCCCCCCC)cc4)cc3)c(C)c2)cc1. The minimum atomic E-state index is -0.409. The summed E-state index contributed by atoms with van der Waals surface area (Å²) in [4.78, 5) is 11.0. The molecule has 0 radical (unpaired) electrons. The van der Waals surface area contributed by atoms with Crippen LogP contribution in [-0.4, -0.2) is 25.8 Å². The number of unbranched alkanes of at least 4 members (excludes halogenated alkanes) is 5. The van der Waals surface area contributed by atoms with E-state index in [1.165, 1.54) is 25.7 Å². The smallest absolute Gasteiger partial charge is 0.330 e. The van der Waals surface area contributed by atoms with Crippen molar-refractivity contribution in [2.45, 2.75) is 58.8 Å². The molecule has 0 N–H and O–H groups in total. The molecule has 0 amide bonds. The van der Waals surface area contributed by atoms with Crippen LogP contribution in [0.5, 0.6) is 11.5 Å². The Labute approximate surface area is 288 Å². The molecule has 0 heterocycles. The van der Waals surface area contributed by atoms with Crippen LogP contribution in [0.3, 0.4) is 0 Å². The van der Waals surface area contributed by atoms with Gasteiger partial charge in [0.2, 0.25) is 0 Å². The van der Waals surface area contributed by atoms with Gasteiger partial charge in [-0.05, 0) is 123 Å². The number of aryl methyl sites for hydroxylation is 1. The lowest BCUT2D eigenvalue weighted by Gasteiger charge is -2.06. The lowest BCUT2D eigenvalue weighted by atomic mass is 10.2. The molecular formula is C39H44N6O4. The zero-order valence-corrected chi connectivity index (χ0v) is 28.3. The lowest BCUT2D eigenvalue weighted by Crippen LogP contribution is -2.04. The number of nitrogens with zero attached hydrogens (tertiary/aromatic N) is 6. The van der Waals surface area contributed by atoms with Crippen molar-refractivity contribution < 1.29 is 19.0 Å². The summed E-state index contributed by atoms with van der Waals surface area (Å²) in [6.07, 6.45) is 8.73. The Kier molecular flexibility index (Phi) is 15.3. The van der Waals surface area contributed by atoms with E-state index in [4.69, 9.17) is 14.2 Å². The molecule has 0 atom stereocenters. The Hall–Kier alpha value is -5.51. The van der Waals surface area contributed by atoms with Gasteiger partial charge in [-0.25, -0.2) is 4.79 Å². The highest BCUT2D eigenvalue weighted by atomic mass is 16.5. The third-order valence-electron chi connectivity index (χ3n) is 7.27. The summed E-state index contributed by atoms with van der Waals surface area (Å²) >= 11 is 0. The van der Waals surface area contributed by atoms with Crippen molar-refractivity contribution in [2.75, 3.05) is 19.8 Å². The second-order valence-electron chi connectivity index (χ2n) is 11.3. The van der Waals surface area contributed by atoms with Crippen molar-refractivity contribution in [3.63, 3.8) is 0 Å². The average molecular weight is 661 g/mol. The molecular weight excluding hydrogens is 616 g/mol. The van der Waals surface area contributed by atoms with E-state index < -0.39 is 5.97 Å². The van der Waals surface area contributed by atoms with E-state index >= 15 is 0 Å². The van der Waals surface area contributed by atoms with Gasteiger partial charge in [-0.3, -0.25) is 0 Å². The first kappa shape index (κ1) is 36.3. The van der Waals surface area contributed by atoms with Crippen LogP contribution in [0.25, 0.3) is 0 Å². The number of benzene rings is 4. The maximum Gasteiger partial charge on any atom is 0.330 e. The molecule has 0 unspecified atom stereocenters. The molecule has 254 valence electrons. The third kappa shape index (κ3) is 13.6. The maximum atomic E-state index is 11.0. The standard InChI is InChI=1S/C39H44N6O4/c1-4-6-7-8-9-26-47-36-21-16-33(17-22-36)41-40-31-12-14-32(15-13-31)43-45-38-25-20-35(29-30(38)3)44-42-34-18-23-37(24-19-34)48-27-10-11-28-49-39(46)5-2/h5,12-25,29H,2,4,6-11,26-28H2,1,3H3/b41-40+,44-42+,45-43+. The summed E-state index contributed by atoms with van der Waals surface area (Å²) < 4.78 is 16.5. The van der Waals surface area contributed by atoms with Crippen molar-refractivity contribution in [1.82, 2.24) is 0 Å². The van der Waals surface area contributed by atoms with Crippen LogP contribution in [0.1, 0.15) is 57.4 Å². The minimum absolute atomic E-state index is 0.353. The Balaban J connectivity index is 1.20. The molecule has 0 aliphatic carbocycles. The van der Waals surface area contributed by atoms with E-state index in [2.05, 4.69) is 44.2 Å². The summed E-state index contributed by atoms with van der Waals surface area (Å²) in [5.41, 5.74) is 5.28. The monoisotopic (exact) mass is 660 g/mol. The molecule has 0 bridgehead atoms. The van der Waals surface area contributed by atoms with E-state index in [1.54, 1.807) is 0 Å². The Bertz CT molecular complexity index is 1680. The van der Waals surface area contributed by atoms with Crippen molar-refractivity contribution >= 4 is 40.1 Å². The van der Waals surface area contributed by atoms with Crippen molar-refractivity contribution in [1.29, 1.82) is 0 Å². The second kappa shape index (κ2) is 20.7. The maximum absolute atomic E-state index is 11.0. The fourth-order valence-corrected chi connectivity index (χ4v) is 4.48. The lowest BCUT2D eigenvalue weighted by molar-refractivity contribution is -0.137. The van der Waals surface area contributed by atoms with Gasteiger partial charge in [0.15, 0.2) is 0 Å². The number of ether oxygens (including phenoxy) is 3. The highest BCUT2D eigenvalue weighted by Gasteiger charge is 2.02. The number of esters is 1. The van der Waals surface area contributed by atoms with Crippen LogP contribution in [0, 0.1) is 6.92 Å². The van der Waals surface area contributed by atoms with Crippen LogP contribution in [0.4, 0.5) is 34.1 Å². The molecule has 0 aliphatic rings. The minimum Gasteiger partial charge on any atom is -0.494 e. The second-order valence-corrected chi connectivity index (χ2v) is 11.3. The Morgan fingerprint density at radius 3 is 1.51 bits per heavy atom. The molecule has 10 nitrogen and oxygen atoms in total. The van der Waals surface area contributed by atoms with Crippen LogP contribution in [0.15, 0.2) is 134 Å². The van der Waals surface area contributed by atoms with Crippen LogP contribution in [-0.2, 0) is 9.53 Å². The van der Waals surface area contributed by atoms with Crippen LogP contribution < -0.4 is 9.47 Å². The zero-order valence-electron chi connectivity index (χ0n) is 28.3. The van der Waals surface area contributed by atoms with E-state index in [-0.39, 0.29) is 0 Å². The van der Waals surface area contributed by atoms with E-state index in [9.17, 15) is 4.79 Å². The summed E-state index contributed by atoms with van der Waals surface area (Å²) in [6, 6.07) is 28.1. The predicted octanol–water partition coefficient (Wildman–Crippen LogP) is 12.5. The molecule has 49 heavy (non-hydrogen) atoms. The first-order valence-corrected chi connectivity index (χ1v) is 16.7. The Morgan fingerprint density at radius 1 is 0.571 bits per heavy atom. The highest BCUT2D eigenvalue weighted by Crippen LogP contribution is 2.29. The molecule has 4 aromatic carbocycles. The zero-order chi connectivity index (χ0) is 34.5. The highest BCUT2D eigenvalue weighted by molar-refractivity contribution is 5.81. The number of azo groups is 3. The molecule has 0 aromatic heterocycles. The van der Waals surface area contributed by atoms with Gasteiger partial charge in [0.1, 0.15) is 11.5 Å². The van der Waals surface area contributed by atoms with Crippen molar-refractivity contribution in [3.05, 3.63) is 109 Å². The number of carbonyl (C=O) groups excluding carboxylic acids is 1. The number of rotatable bonds is 20. The van der Waals surface area contributed by atoms with Gasteiger partial charge < -0.3 is 14.2 Å². The average Bonchev–Trinajstić information content (AvgIpc) is 3.13. The van der Waals surface area contributed by atoms with Gasteiger partial charge in [-0.1, -0.05) is 39.2 Å². The molecule has 0 saturated heterocycles.